The van der Waals surface area contributed by atoms with E-state index in [9.17, 15) is 18.0 Å². The zero-order chi connectivity index (χ0) is 20.1. The molecule has 0 bridgehead atoms. The predicted molar refractivity (Wildman–Crippen MR) is 94.5 cm³/mol. The van der Waals surface area contributed by atoms with Gasteiger partial charge in [0.15, 0.2) is 0 Å². The van der Waals surface area contributed by atoms with Crippen LogP contribution in [0.1, 0.15) is 47.2 Å². The van der Waals surface area contributed by atoms with Gasteiger partial charge in [-0.2, -0.15) is 18.4 Å². The van der Waals surface area contributed by atoms with Crippen molar-refractivity contribution in [3.8, 4) is 11.9 Å². The minimum absolute atomic E-state index is 0.00465. The molecule has 1 amide bonds. The van der Waals surface area contributed by atoms with Crippen LogP contribution in [0.3, 0.4) is 0 Å². The van der Waals surface area contributed by atoms with E-state index in [0.29, 0.717) is 37.1 Å². The Hall–Kier alpha value is -3.08. The van der Waals surface area contributed by atoms with Crippen LogP contribution in [0.5, 0.6) is 5.88 Å². The summed E-state index contributed by atoms with van der Waals surface area (Å²) < 4.78 is 44.2. The maximum Gasteiger partial charge on any atom is 0.416 e. The summed E-state index contributed by atoms with van der Waals surface area (Å²) in [7, 11) is 0. The van der Waals surface area contributed by atoms with Crippen molar-refractivity contribution in [3.05, 3.63) is 59.3 Å². The van der Waals surface area contributed by atoms with Crippen LogP contribution >= 0.6 is 0 Å². The number of aromatic nitrogens is 1. The van der Waals surface area contributed by atoms with Crippen molar-refractivity contribution in [1.82, 2.24) is 10.3 Å². The topological polar surface area (TPSA) is 75.0 Å². The molecular weight excluding hydrogens is 371 g/mol. The van der Waals surface area contributed by atoms with Crippen molar-refractivity contribution in [2.45, 2.75) is 44.0 Å². The number of rotatable bonds is 4. The maximum absolute atomic E-state index is 12.8. The third-order valence-electron chi connectivity index (χ3n) is 4.61. The molecule has 1 aromatic carbocycles. The number of hydrogen-bond acceptors (Lipinski definition) is 4. The normalized spacial score (nSPS) is 19.5. The molecule has 1 saturated carbocycles. The van der Waals surface area contributed by atoms with Gasteiger partial charge < -0.3 is 10.1 Å². The quantitative estimate of drug-likeness (QED) is 0.855. The molecule has 5 nitrogen and oxygen atoms in total. The van der Waals surface area contributed by atoms with E-state index in [1.54, 1.807) is 12.1 Å². The lowest BCUT2D eigenvalue weighted by Crippen LogP contribution is -2.39. The van der Waals surface area contributed by atoms with Crippen LogP contribution in [-0.4, -0.2) is 23.0 Å². The van der Waals surface area contributed by atoms with E-state index in [0.717, 1.165) is 12.1 Å². The number of hydrogen-bond donors (Lipinski definition) is 1. The van der Waals surface area contributed by atoms with Crippen LogP contribution in [0.15, 0.2) is 42.6 Å². The van der Waals surface area contributed by atoms with Gasteiger partial charge in [-0.15, -0.1) is 0 Å². The van der Waals surface area contributed by atoms with Gasteiger partial charge in [0.05, 0.1) is 11.1 Å². The average molecular weight is 389 g/mol. The van der Waals surface area contributed by atoms with E-state index in [4.69, 9.17) is 10.00 Å². The number of nitrogens with zero attached hydrogens (tertiary/aromatic N) is 2. The summed E-state index contributed by atoms with van der Waals surface area (Å²) in [4.78, 5) is 16.4. The first-order chi connectivity index (χ1) is 13.3. The molecule has 2 aromatic rings. The molecule has 1 N–H and O–H groups in total. The van der Waals surface area contributed by atoms with Gasteiger partial charge in [-0.1, -0.05) is 6.07 Å². The molecule has 1 heterocycles. The lowest BCUT2D eigenvalue weighted by Gasteiger charge is -2.29. The molecule has 1 fully saturated rings. The number of nitrogens with one attached hydrogen (secondary N) is 1. The number of carbonyl (C=O) groups is 1. The number of halogens is 3. The molecule has 1 aromatic heterocycles. The van der Waals surface area contributed by atoms with Gasteiger partial charge in [0.2, 0.25) is 5.88 Å². The molecule has 1 aliphatic carbocycles. The molecule has 0 aliphatic heterocycles. The minimum atomic E-state index is -4.48. The summed E-state index contributed by atoms with van der Waals surface area (Å²) in [6, 6.07) is 9.54. The number of carbonyl (C=O) groups excluding carboxylic acids is 1. The highest BCUT2D eigenvalue weighted by Crippen LogP contribution is 2.29. The summed E-state index contributed by atoms with van der Waals surface area (Å²) in [5.41, 5.74) is -0.393. The first kappa shape index (κ1) is 19.7. The van der Waals surface area contributed by atoms with E-state index in [1.807, 2.05) is 6.07 Å². The van der Waals surface area contributed by atoms with Crippen molar-refractivity contribution in [3.63, 3.8) is 0 Å². The first-order valence-corrected chi connectivity index (χ1v) is 8.86. The average Bonchev–Trinajstić information content (AvgIpc) is 2.69. The van der Waals surface area contributed by atoms with Gasteiger partial charge in [-0.05, 0) is 49.9 Å². The fraction of sp³-hybridized carbons (Fsp3) is 0.350. The van der Waals surface area contributed by atoms with Crippen LogP contribution in [0, 0.1) is 11.3 Å². The van der Waals surface area contributed by atoms with E-state index >= 15 is 0 Å². The van der Waals surface area contributed by atoms with Crippen LogP contribution < -0.4 is 10.1 Å². The summed E-state index contributed by atoms with van der Waals surface area (Å²) in [6.45, 7) is 0. The van der Waals surface area contributed by atoms with Crippen LogP contribution in [-0.2, 0) is 6.18 Å². The predicted octanol–water partition coefficient (Wildman–Crippen LogP) is 4.09. The molecule has 28 heavy (non-hydrogen) atoms. The summed E-state index contributed by atoms with van der Waals surface area (Å²) in [5.74, 6) is -0.0697. The highest BCUT2D eigenvalue weighted by Gasteiger charge is 2.31. The van der Waals surface area contributed by atoms with Gasteiger partial charge in [0, 0.05) is 23.9 Å². The molecular formula is C20H18F3N3O2. The number of amides is 1. The summed E-state index contributed by atoms with van der Waals surface area (Å²) in [6.07, 6.45) is -0.398. The van der Waals surface area contributed by atoms with Crippen molar-refractivity contribution < 1.29 is 22.7 Å². The van der Waals surface area contributed by atoms with Crippen LogP contribution in [0.2, 0.25) is 0 Å². The van der Waals surface area contributed by atoms with Crippen LogP contribution in [0.25, 0.3) is 0 Å². The molecule has 1 aliphatic rings. The number of benzene rings is 1. The molecule has 0 spiro atoms. The second-order valence-corrected chi connectivity index (χ2v) is 6.64. The standard InChI is InChI=1S/C20H18F3N3O2/c21-20(22,23)15-3-1-2-14(10-15)19(27)26-16-5-7-17(8-6-16)28-18-9-4-13(11-24)12-25-18/h1-4,9-10,12,16-17H,5-8H2,(H,26,27). The SMILES string of the molecule is N#Cc1ccc(OC2CCC(NC(=O)c3cccc(C(F)(F)F)c3)CC2)nc1. The lowest BCUT2D eigenvalue weighted by atomic mass is 9.92. The Bertz CT molecular complexity index is 868. The minimum Gasteiger partial charge on any atom is -0.474 e. The Morgan fingerprint density at radius 2 is 1.93 bits per heavy atom. The number of pyridine rings is 1. The van der Waals surface area contributed by atoms with Crippen molar-refractivity contribution >= 4 is 5.91 Å². The van der Waals surface area contributed by atoms with Crippen molar-refractivity contribution in [2.24, 2.45) is 0 Å². The first-order valence-electron chi connectivity index (χ1n) is 8.86. The third-order valence-corrected chi connectivity index (χ3v) is 4.61. The number of ether oxygens (including phenoxy) is 1. The molecule has 0 radical (unpaired) electrons. The smallest absolute Gasteiger partial charge is 0.416 e. The largest absolute Gasteiger partial charge is 0.474 e. The van der Waals surface area contributed by atoms with Gasteiger partial charge >= 0.3 is 6.18 Å². The number of nitriles is 1. The highest BCUT2D eigenvalue weighted by molar-refractivity contribution is 5.94. The summed E-state index contributed by atoms with van der Waals surface area (Å²) >= 11 is 0. The Kier molecular flexibility index (Phi) is 5.83. The van der Waals surface area contributed by atoms with Gasteiger partial charge in [-0.3, -0.25) is 4.79 Å². The van der Waals surface area contributed by atoms with E-state index < -0.39 is 17.6 Å². The maximum atomic E-state index is 12.8. The second kappa shape index (κ2) is 8.30. The molecule has 0 saturated heterocycles. The monoisotopic (exact) mass is 389 g/mol. The molecule has 3 rings (SSSR count). The number of alkyl halides is 3. The van der Waals surface area contributed by atoms with E-state index in [1.165, 1.54) is 18.3 Å². The van der Waals surface area contributed by atoms with Gasteiger partial charge in [0.25, 0.3) is 5.91 Å². The van der Waals surface area contributed by atoms with E-state index in [-0.39, 0.29) is 17.7 Å². The summed E-state index contributed by atoms with van der Waals surface area (Å²) in [5, 5.41) is 11.6. The Balaban J connectivity index is 1.51. The molecule has 0 unspecified atom stereocenters. The second-order valence-electron chi connectivity index (χ2n) is 6.64. The lowest BCUT2D eigenvalue weighted by molar-refractivity contribution is -0.137. The van der Waals surface area contributed by atoms with E-state index in [2.05, 4.69) is 10.3 Å². The molecule has 146 valence electrons. The molecule has 0 atom stereocenters. The van der Waals surface area contributed by atoms with Gasteiger partial charge in [-0.25, -0.2) is 4.98 Å². The Morgan fingerprint density at radius 3 is 2.54 bits per heavy atom. The fourth-order valence-corrected chi connectivity index (χ4v) is 3.12. The van der Waals surface area contributed by atoms with Crippen molar-refractivity contribution in [1.29, 1.82) is 5.26 Å². The highest BCUT2D eigenvalue weighted by atomic mass is 19.4. The zero-order valence-corrected chi connectivity index (χ0v) is 14.9. The van der Waals surface area contributed by atoms with Gasteiger partial charge in [0.1, 0.15) is 12.2 Å². The zero-order valence-electron chi connectivity index (χ0n) is 14.9. The fourth-order valence-electron chi connectivity index (χ4n) is 3.12. The third kappa shape index (κ3) is 5.00. The van der Waals surface area contributed by atoms with Crippen molar-refractivity contribution in [2.75, 3.05) is 0 Å². The Morgan fingerprint density at radius 1 is 1.18 bits per heavy atom. The Labute approximate surface area is 160 Å². The molecule has 8 heteroatoms. The van der Waals surface area contributed by atoms with Crippen LogP contribution in [0.4, 0.5) is 13.2 Å².